The molecule has 0 spiro atoms. The Morgan fingerprint density at radius 3 is 1.77 bits per heavy atom. The molecule has 0 aliphatic heterocycles. The molecule has 4 rings (SSSR count). The van der Waals surface area contributed by atoms with Gasteiger partial charge in [-0.05, 0) is 66.7 Å². The fraction of sp³-hybridized carbons (Fsp3) is 0.241. The number of aromatic nitrogens is 2. The molecular weight excluding hydrogens is 455 g/mol. The van der Waals surface area contributed by atoms with Crippen molar-refractivity contribution in [3.63, 3.8) is 0 Å². The molecule has 4 nitrogen and oxygen atoms in total. The van der Waals surface area contributed by atoms with E-state index in [9.17, 15) is 9.50 Å². The van der Waals surface area contributed by atoms with E-state index in [1.54, 1.807) is 24.4 Å². The fourth-order valence-electron chi connectivity index (χ4n) is 2.90. The van der Waals surface area contributed by atoms with Gasteiger partial charge in [0, 0.05) is 23.5 Å². The van der Waals surface area contributed by atoms with Crippen LogP contribution in [0.1, 0.15) is 22.1 Å². The maximum absolute atomic E-state index is 9.96. The van der Waals surface area contributed by atoms with E-state index in [0.717, 1.165) is 28.3 Å². The van der Waals surface area contributed by atoms with Crippen LogP contribution in [-0.2, 0) is 0 Å². The average molecular weight is 492 g/mol. The molecule has 2 aromatic heterocycles. The van der Waals surface area contributed by atoms with Gasteiger partial charge < -0.3 is 9.53 Å². The SMILES string of the molecule is CC(C)(C)[Si](C)(C)Oc1cccc(-c2ccccn2)c1.Oc1cccc(-c2ccccn2)c1.[2H]CF. The highest BCUT2D eigenvalue weighted by Gasteiger charge is 2.38. The molecule has 0 atom stereocenters. The van der Waals surface area contributed by atoms with Gasteiger partial charge in [0.25, 0.3) is 0 Å². The summed E-state index contributed by atoms with van der Waals surface area (Å²) in [6.45, 7) is 11.3. The standard InChI is InChI=1S/C17H23NOSi.C11H9NO.CH3F/c1-17(2,3)20(4,5)19-15-10-8-9-14(13-15)16-11-6-7-12-18-16;13-10-5-3-4-9(8-10)11-6-1-2-7-12-11;1-2/h6-13H,1-5H3;1-8,13H;1H3/i;;1D. The second-order valence-electron chi connectivity index (χ2n) is 9.37. The Bertz CT molecular complexity index is 1190. The smallest absolute Gasteiger partial charge is 0.250 e. The topological polar surface area (TPSA) is 55.2 Å². The number of pyridine rings is 2. The van der Waals surface area contributed by atoms with Gasteiger partial charge >= 0.3 is 0 Å². The van der Waals surface area contributed by atoms with Crippen molar-refractivity contribution in [3.8, 4) is 34.0 Å². The maximum atomic E-state index is 9.96. The lowest BCUT2D eigenvalue weighted by atomic mass is 10.1. The molecular formula is C29H35FN2O2Si. The molecule has 35 heavy (non-hydrogen) atoms. The summed E-state index contributed by atoms with van der Waals surface area (Å²) < 4.78 is 21.8. The van der Waals surface area contributed by atoms with Crippen LogP contribution in [0.2, 0.25) is 18.1 Å². The average Bonchev–Trinajstić information content (AvgIpc) is 2.85. The Labute approximate surface area is 211 Å². The first-order valence-corrected chi connectivity index (χ1v) is 14.2. The number of rotatable bonds is 4. The van der Waals surface area contributed by atoms with Gasteiger partial charge in [-0.15, -0.1) is 0 Å². The lowest BCUT2D eigenvalue weighted by molar-refractivity contribution is 0.475. The molecule has 0 fully saturated rings. The lowest BCUT2D eigenvalue weighted by Crippen LogP contribution is -2.43. The van der Waals surface area contributed by atoms with Crippen LogP contribution in [0.15, 0.2) is 97.3 Å². The van der Waals surface area contributed by atoms with Crippen molar-refractivity contribution in [2.45, 2.75) is 38.9 Å². The van der Waals surface area contributed by atoms with Crippen LogP contribution in [0.4, 0.5) is 4.39 Å². The van der Waals surface area contributed by atoms with Crippen LogP contribution in [0.5, 0.6) is 11.5 Å². The monoisotopic (exact) mass is 491 g/mol. The Morgan fingerprint density at radius 2 is 1.31 bits per heavy atom. The molecule has 0 saturated heterocycles. The summed E-state index contributed by atoms with van der Waals surface area (Å²) >= 11 is 0. The molecule has 0 aliphatic carbocycles. The van der Waals surface area contributed by atoms with Gasteiger partial charge in [-0.2, -0.15) is 0 Å². The molecule has 0 amide bonds. The highest BCUT2D eigenvalue weighted by Crippen LogP contribution is 2.37. The molecule has 0 unspecified atom stereocenters. The highest BCUT2D eigenvalue weighted by molar-refractivity contribution is 6.74. The van der Waals surface area contributed by atoms with Gasteiger partial charge in [0.1, 0.15) is 11.5 Å². The molecule has 2 aromatic carbocycles. The summed E-state index contributed by atoms with van der Waals surface area (Å²) in [6.07, 6.45) is 3.55. The Hall–Kier alpha value is -3.51. The minimum Gasteiger partial charge on any atom is -0.543 e. The first-order valence-electron chi connectivity index (χ1n) is 12.0. The predicted octanol–water partition coefficient (Wildman–Crippen LogP) is 8.17. The van der Waals surface area contributed by atoms with Gasteiger partial charge in [-0.3, -0.25) is 14.4 Å². The quantitative estimate of drug-likeness (QED) is 0.293. The number of hydrogen-bond acceptors (Lipinski definition) is 4. The van der Waals surface area contributed by atoms with Crippen molar-refractivity contribution in [2.24, 2.45) is 0 Å². The minimum absolute atomic E-state index is 0.202. The van der Waals surface area contributed by atoms with Crippen molar-refractivity contribution in [2.75, 3.05) is 7.15 Å². The number of phenols is 1. The summed E-state index contributed by atoms with van der Waals surface area (Å²) in [5, 5.41) is 9.45. The first kappa shape index (κ1) is 26.1. The van der Waals surface area contributed by atoms with Crippen LogP contribution in [0.3, 0.4) is 0 Å². The van der Waals surface area contributed by atoms with Crippen LogP contribution >= 0.6 is 0 Å². The zero-order valence-electron chi connectivity index (χ0n) is 22.1. The molecule has 6 heteroatoms. The zero-order chi connectivity index (χ0) is 26.6. The summed E-state index contributed by atoms with van der Waals surface area (Å²) in [6, 6.07) is 26.9. The largest absolute Gasteiger partial charge is 0.543 e. The van der Waals surface area contributed by atoms with E-state index in [4.69, 9.17) is 5.80 Å². The molecule has 0 saturated carbocycles. The van der Waals surface area contributed by atoms with E-state index in [1.807, 2.05) is 60.8 Å². The maximum Gasteiger partial charge on any atom is 0.250 e. The normalized spacial score (nSPS) is 11.2. The van der Waals surface area contributed by atoms with Crippen molar-refractivity contribution in [1.82, 2.24) is 9.97 Å². The predicted molar refractivity (Wildman–Crippen MR) is 146 cm³/mol. The second kappa shape index (κ2) is 12.8. The zero-order valence-corrected chi connectivity index (χ0v) is 22.1. The van der Waals surface area contributed by atoms with E-state index in [2.05, 4.69) is 56.0 Å². The molecule has 0 aliphatic rings. The van der Waals surface area contributed by atoms with Gasteiger partial charge in [0.05, 0.1) is 19.9 Å². The summed E-state index contributed by atoms with van der Waals surface area (Å²) in [5.41, 5.74) is 3.88. The number of halogens is 1. The molecule has 0 bridgehead atoms. The van der Waals surface area contributed by atoms with E-state index in [-0.39, 0.29) is 10.8 Å². The summed E-state index contributed by atoms with van der Waals surface area (Å²) in [7, 11) is -2.79. The number of hydrogen-bond donors (Lipinski definition) is 1. The molecule has 4 aromatic rings. The number of benzene rings is 2. The van der Waals surface area contributed by atoms with Crippen LogP contribution in [0, 0.1) is 0 Å². The summed E-state index contributed by atoms with van der Waals surface area (Å²) in [4.78, 5) is 8.57. The van der Waals surface area contributed by atoms with Crippen molar-refractivity contribution < 1.29 is 15.3 Å². The lowest BCUT2D eigenvalue weighted by Gasteiger charge is -2.36. The van der Waals surface area contributed by atoms with Crippen molar-refractivity contribution in [1.29, 1.82) is 0 Å². The van der Waals surface area contributed by atoms with Gasteiger partial charge in [0.2, 0.25) is 8.32 Å². The minimum atomic E-state index is -1.79. The number of aromatic hydroxyl groups is 1. The van der Waals surface area contributed by atoms with E-state index >= 15 is 0 Å². The third kappa shape index (κ3) is 8.33. The third-order valence-electron chi connectivity index (χ3n) is 5.78. The molecule has 0 radical (unpaired) electrons. The Kier molecular flexibility index (Phi) is 9.55. The summed E-state index contributed by atoms with van der Waals surface area (Å²) in [5.74, 6) is 1.21. The van der Waals surface area contributed by atoms with Crippen LogP contribution in [0.25, 0.3) is 22.5 Å². The third-order valence-corrected chi connectivity index (χ3v) is 10.1. The van der Waals surface area contributed by atoms with Crippen LogP contribution in [-0.4, -0.2) is 30.5 Å². The van der Waals surface area contributed by atoms with E-state index in [0.29, 0.717) is 0 Å². The highest BCUT2D eigenvalue weighted by atomic mass is 28.4. The number of phenolic OH excluding ortho intramolecular Hbond substituents is 1. The van der Waals surface area contributed by atoms with Gasteiger partial charge in [0.15, 0.2) is 0 Å². The Balaban J connectivity index is 0.000000244. The van der Waals surface area contributed by atoms with Crippen LogP contribution < -0.4 is 4.43 Å². The molecule has 184 valence electrons. The Morgan fingerprint density at radius 1 is 0.800 bits per heavy atom. The van der Waals surface area contributed by atoms with Crippen molar-refractivity contribution in [3.05, 3.63) is 97.3 Å². The van der Waals surface area contributed by atoms with Crippen molar-refractivity contribution >= 4 is 8.32 Å². The molecule has 2 heterocycles. The van der Waals surface area contributed by atoms with Gasteiger partial charge in [-0.1, -0.05) is 57.2 Å². The fourth-order valence-corrected chi connectivity index (χ4v) is 3.92. The van der Waals surface area contributed by atoms with E-state index < -0.39 is 15.5 Å². The molecule has 1 N–H and O–H groups in total. The number of alkyl halides is 1. The van der Waals surface area contributed by atoms with Gasteiger partial charge in [-0.25, -0.2) is 0 Å². The first-order chi connectivity index (χ1) is 17.1. The second-order valence-corrected chi connectivity index (χ2v) is 14.1. The van der Waals surface area contributed by atoms with E-state index in [1.165, 1.54) is 0 Å². The number of nitrogens with zero attached hydrogens (tertiary/aromatic N) is 2.